The van der Waals surface area contributed by atoms with Crippen LogP contribution in [0.3, 0.4) is 0 Å². The summed E-state index contributed by atoms with van der Waals surface area (Å²) in [6.07, 6.45) is 1.21. The highest BCUT2D eigenvalue weighted by molar-refractivity contribution is 5.83. The van der Waals surface area contributed by atoms with Gasteiger partial charge in [-0.05, 0) is 36.8 Å². The van der Waals surface area contributed by atoms with E-state index in [9.17, 15) is 19.1 Å². The number of halogens is 1. The van der Waals surface area contributed by atoms with E-state index in [1.165, 1.54) is 6.07 Å². The molecule has 0 saturated carbocycles. The highest BCUT2D eigenvalue weighted by atomic mass is 19.1. The smallest absolute Gasteiger partial charge is 0.326 e. The van der Waals surface area contributed by atoms with E-state index in [1.54, 1.807) is 19.1 Å². The third kappa shape index (κ3) is 6.44. The summed E-state index contributed by atoms with van der Waals surface area (Å²) in [5, 5.41) is 15.6. The predicted octanol–water partition coefficient (Wildman–Crippen LogP) is 3.51. The van der Waals surface area contributed by atoms with Crippen molar-refractivity contribution in [3.63, 3.8) is 0 Å². The van der Waals surface area contributed by atoms with Crippen LogP contribution < -0.4 is 5.32 Å². The molecule has 0 aliphatic heterocycles. The van der Waals surface area contributed by atoms with Crippen LogP contribution in [0.1, 0.15) is 51.5 Å². The Kier molecular flexibility index (Phi) is 6.88. The number of carbonyl (C=O) groups excluding carboxylic acids is 1. The van der Waals surface area contributed by atoms with Gasteiger partial charge in [-0.25, -0.2) is 9.18 Å². The second-order valence-corrected chi connectivity index (χ2v) is 8.03. The van der Waals surface area contributed by atoms with E-state index in [1.807, 2.05) is 20.8 Å². The normalized spacial score (nSPS) is 12.6. The van der Waals surface area contributed by atoms with Crippen LogP contribution in [0.15, 0.2) is 22.7 Å². The first kappa shape index (κ1) is 21.5. The molecule has 1 heterocycles. The van der Waals surface area contributed by atoms with Gasteiger partial charge in [-0.2, -0.15) is 4.98 Å². The first-order valence-corrected chi connectivity index (χ1v) is 9.16. The molecule has 0 spiro atoms. The van der Waals surface area contributed by atoms with Gasteiger partial charge in [-0.3, -0.25) is 4.79 Å². The van der Waals surface area contributed by atoms with Crippen LogP contribution >= 0.6 is 0 Å². The van der Waals surface area contributed by atoms with E-state index >= 15 is 0 Å². The number of rotatable bonds is 8. The minimum Gasteiger partial charge on any atom is -0.480 e. The summed E-state index contributed by atoms with van der Waals surface area (Å²) in [4.78, 5) is 27.6. The molecule has 0 fully saturated rings. The second kappa shape index (κ2) is 8.95. The van der Waals surface area contributed by atoms with Crippen LogP contribution in [-0.4, -0.2) is 33.2 Å². The molecule has 2 N–H and O–H groups in total. The van der Waals surface area contributed by atoms with Crippen LogP contribution in [0.25, 0.3) is 11.4 Å². The fraction of sp³-hybridized carbons (Fsp3) is 0.500. The minimum atomic E-state index is -1.06. The lowest BCUT2D eigenvalue weighted by atomic mass is 9.88. The number of nitrogens with zero attached hydrogens (tertiary/aromatic N) is 2. The summed E-state index contributed by atoms with van der Waals surface area (Å²) in [6.45, 7) is 7.70. The van der Waals surface area contributed by atoms with E-state index in [0.29, 0.717) is 24.0 Å². The average Bonchev–Trinajstić information content (AvgIpc) is 3.07. The molecule has 0 radical (unpaired) electrons. The van der Waals surface area contributed by atoms with Crippen molar-refractivity contribution in [1.82, 2.24) is 15.5 Å². The van der Waals surface area contributed by atoms with E-state index in [-0.39, 0.29) is 35.8 Å². The van der Waals surface area contributed by atoms with Gasteiger partial charge in [-0.15, -0.1) is 0 Å². The summed E-state index contributed by atoms with van der Waals surface area (Å²) in [5.41, 5.74) is 0.980. The van der Waals surface area contributed by atoms with Crippen molar-refractivity contribution in [2.75, 3.05) is 0 Å². The Bertz CT molecular complexity index is 842. The first-order chi connectivity index (χ1) is 13.0. The molecule has 2 rings (SSSR count). The summed E-state index contributed by atoms with van der Waals surface area (Å²) >= 11 is 0. The van der Waals surface area contributed by atoms with Crippen molar-refractivity contribution in [3.05, 3.63) is 35.5 Å². The lowest BCUT2D eigenvalue weighted by molar-refractivity contribution is -0.142. The number of carboxylic acid groups (broad SMARTS) is 1. The molecule has 1 amide bonds. The number of amides is 1. The van der Waals surface area contributed by atoms with Gasteiger partial charge in [0.15, 0.2) is 0 Å². The maximum Gasteiger partial charge on any atom is 0.326 e. The van der Waals surface area contributed by atoms with E-state index in [2.05, 4.69) is 15.5 Å². The highest BCUT2D eigenvalue weighted by Crippen LogP contribution is 2.22. The molecule has 1 atom stereocenters. The molecule has 0 bridgehead atoms. The van der Waals surface area contributed by atoms with Gasteiger partial charge in [0.05, 0.1) is 0 Å². The zero-order chi connectivity index (χ0) is 20.9. The maximum atomic E-state index is 13.7. The second-order valence-electron chi connectivity index (χ2n) is 8.03. The Labute approximate surface area is 163 Å². The Morgan fingerprint density at radius 3 is 2.64 bits per heavy atom. The fourth-order valence-corrected chi connectivity index (χ4v) is 2.53. The Hall–Kier alpha value is -2.77. The van der Waals surface area contributed by atoms with Gasteiger partial charge in [0.25, 0.3) is 0 Å². The molecule has 0 aliphatic carbocycles. The molecular formula is C20H26FN3O4. The van der Waals surface area contributed by atoms with Gasteiger partial charge < -0.3 is 14.9 Å². The van der Waals surface area contributed by atoms with Gasteiger partial charge in [-0.1, -0.05) is 38.1 Å². The van der Waals surface area contributed by atoms with Gasteiger partial charge in [0, 0.05) is 18.4 Å². The lowest BCUT2D eigenvalue weighted by Gasteiger charge is -2.21. The molecule has 1 aromatic heterocycles. The predicted molar refractivity (Wildman–Crippen MR) is 101 cm³/mol. The van der Waals surface area contributed by atoms with Gasteiger partial charge in [0.2, 0.25) is 17.6 Å². The van der Waals surface area contributed by atoms with Crippen LogP contribution in [0.5, 0.6) is 0 Å². The molecule has 152 valence electrons. The third-order valence-corrected chi connectivity index (χ3v) is 4.28. The number of nitrogens with one attached hydrogen (secondary N) is 1. The molecule has 1 aromatic carbocycles. The van der Waals surface area contributed by atoms with E-state index in [0.717, 1.165) is 0 Å². The highest BCUT2D eigenvalue weighted by Gasteiger charge is 2.23. The quantitative estimate of drug-likeness (QED) is 0.713. The third-order valence-electron chi connectivity index (χ3n) is 4.28. The number of hydrogen-bond acceptors (Lipinski definition) is 5. The van der Waals surface area contributed by atoms with Crippen LogP contribution in [-0.2, 0) is 16.0 Å². The maximum absolute atomic E-state index is 13.7. The SMILES string of the molecule is Cc1ccc(-c2noc(CCC(=O)NC(CCC(C)(C)C)C(=O)O)n2)cc1F. The molecule has 8 heteroatoms. The van der Waals surface area contributed by atoms with Crippen molar-refractivity contribution < 1.29 is 23.6 Å². The number of aryl methyl sites for hydroxylation is 2. The van der Waals surface area contributed by atoms with Crippen molar-refractivity contribution in [3.8, 4) is 11.4 Å². The average molecular weight is 391 g/mol. The zero-order valence-electron chi connectivity index (χ0n) is 16.6. The number of carboxylic acids is 1. The molecule has 28 heavy (non-hydrogen) atoms. The summed E-state index contributed by atoms with van der Waals surface area (Å²) in [5.74, 6) is -1.35. The number of carbonyl (C=O) groups is 2. The Morgan fingerprint density at radius 2 is 2.04 bits per heavy atom. The van der Waals surface area contributed by atoms with Gasteiger partial charge in [0.1, 0.15) is 11.9 Å². The monoisotopic (exact) mass is 391 g/mol. The standard InChI is InChI=1S/C20H26FN3O4/c1-12-5-6-13(11-14(12)21)18-23-17(28-24-18)8-7-16(25)22-15(19(26)27)9-10-20(2,3)4/h5-6,11,15H,7-10H2,1-4H3,(H,22,25)(H,26,27). The van der Waals surface area contributed by atoms with E-state index in [4.69, 9.17) is 4.52 Å². The van der Waals surface area contributed by atoms with Crippen LogP contribution in [0.2, 0.25) is 0 Å². The van der Waals surface area contributed by atoms with E-state index < -0.39 is 17.9 Å². The lowest BCUT2D eigenvalue weighted by Crippen LogP contribution is -2.41. The topological polar surface area (TPSA) is 105 Å². The van der Waals surface area contributed by atoms with Crippen molar-refractivity contribution in [2.45, 2.75) is 59.4 Å². The summed E-state index contributed by atoms with van der Waals surface area (Å²) in [7, 11) is 0. The summed E-state index contributed by atoms with van der Waals surface area (Å²) in [6, 6.07) is 3.70. The van der Waals surface area contributed by atoms with Crippen molar-refractivity contribution in [2.24, 2.45) is 5.41 Å². The first-order valence-electron chi connectivity index (χ1n) is 9.16. The number of benzene rings is 1. The fourth-order valence-electron chi connectivity index (χ4n) is 2.53. The largest absolute Gasteiger partial charge is 0.480 e. The van der Waals surface area contributed by atoms with Crippen molar-refractivity contribution in [1.29, 1.82) is 0 Å². The molecule has 2 aromatic rings. The number of aliphatic carboxylic acids is 1. The molecule has 1 unspecified atom stereocenters. The summed E-state index contributed by atoms with van der Waals surface area (Å²) < 4.78 is 18.8. The molecule has 0 saturated heterocycles. The molecule has 0 aliphatic rings. The molecule has 7 nitrogen and oxygen atoms in total. The van der Waals surface area contributed by atoms with Gasteiger partial charge >= 0.3 is 5.97 Å². The van der Waals surface area contributed by atoms with Crippen molar-refractivity contribution >= 4 is 11.9 Å². The number of hydrogen-bond donors (Lipinski definition) is 2. The zero-order valence-corrected chi connectivity index (χ0v) is 16.6. The molecular weight excluding hydrogens is 365 g/mol. The van der Waals surface area contributed by atoms with Crippen LogP contribution in [0, 0.1) is 18.2 Å². The number of aromatic nitrogens is 2. The minimum absolute atomic E-state index is 0.0171. The van der Waals surface area contributed by atoms with Crippen LogP contribution in [0.4, 0.5) is 4.39 Å². The Balaban J connectivity index is 1.91. The Morgan fingerprint density at radius 1 is 1.32 bits per heavy atom.